The second-order valence-electron chi connectivity index (χ2n) is 4.86. The largest absolute Gasteiger partial charge is 0.368 e. The van der Waals surface area contributed by atoms with Crippen LogP contribution in [0.25, 0.3) is 5.69 Å². The molecule has 3 aromatic rings. The molecule has 1 aromatic heterocycles. The van der Waals surface area contributed by atoms with Gasteiger partial charge in [-0.05, 0) is 36.4 Å². The lowest BCUT2D eigenvalue weighted by Gasteiger charge is -2.08. The fourth-order valence-electron chi connectivity index (χ4n) is 2.06. The van der Waals surface area contributed by atoms with Crippen molar-refractivity contribution in [1.29, 1.82) is 0 Å². The standard InChI is InChI=1S/C16H14FN5OS/c17-11-6-8-12(9-7-11)19-14(23)10-24-16-21-20-15(18)22(16)13-4-2-1-3-5-13/h1-9H,10H2,(H2,18,20)(H,19,23). The van der Waals surface area contributed by atoms with Gasteiger partial charge < -0.3 is 11.1 Å². The molecule has 1 amide bonds. The van der Waals surface area contributed by atoms with Crippen LogP contribution in [0.3, 0.4) is 0 Å². The first-order valence-corrected chi connectivity index (χ1v) is 8.06. The zero-order chi connectivity index (χ0) is 16.9. The summed E-state index contributed by atoms with van der Waals surface area (Å²) in [4.78, 5) is 12.0. The number of rotatable bonds is 5. The first-order chi connectivity index (χ1) is 11.6. The Morgan fingerprint density at radius 1 is 1.12 bits per heavy atom. The number of thioether (sulfide) groups is 1. The van der Waals surface area contributed by atoms with E-state index in [0.29, 0.717) is 10.8 Å². The first-order valence-electron chi connectivity index (χ1n) is 7.08. The number of nitrogens with two attached hydrogens (primary N) is 1. The summed E-state index contributed by atoms with van der Waals surface area (Å²) in [7, 11) is 0. The van der Waals surface area contributed by atoms with Crippen molar-refractivity contribution < 1.29 is 9.18 Å². The lowest BCUT2D eigenvalue weighted by molar-refractivity contribution is -0.113. The molecule has 3 rings (SSSR count). The topological polar surface area (TPSA) is 85.8 Å². The smallest absolute Gasteiger partial charge is 0.234 e. The summed E-state index contributed by atoms with van der Waals surface area (Å²) in [5.41, 5.74) is 7.21. The molecule has 0 atom stereocenters. The van der Waals surface area contributed by atoms with E-state index in [1.54, 1.807) is 4.57 Å². The van der Waals surface area contributed by atoms with Crippen LogP contribution in [-0.4, -0.2) is 26.4 Å². The lowest BCUT2D eigenvalue weighted by atomic mass is 10.3. The van der Waals surface area contributed by atoms with Crippen molar-refractivity contribution in [2.75, 3.05) is 16.8 Å². The van der Waals surface area contributed by atoms with E-state index in [9.17, 15) is 9.18 Å². The minimum atomic E-state index is -0.353. The van der Waals surface area contributed by atoms with Crippen LogP contribution in [0.5, 0.6) is 0 Å². The summed E-state index contributed by atoms with van der Waals surface area (Å²) < 4.78 is 14.5. The zero-order valence-electron chi connectivity index (χ0n) is 12.5. The Bertz CT molecular complexity index is 835. The molecule has 0 aliphatic carbocycles. The van der Waals surface area contributed by atoms with Crippen LogP contribution in [0, 0.1) is 5.82 Å². The molecule has 24 heavy (non-hydrogen) atoms. The summed E-state index contributed by atoms with van der Waals surface area (Å²) in [6.07, 6.45) is 0. The third-order valence-corrected chi connectivity index (χ3v) is 4.06. The van der Waals surface area contributed by atoms with Crippen LogP contribution in [-0.2, 0) is 4.79 Å². The minimum Gasteiger partial charge on any atom is -0.368 e. The molecule has 6 nitrogen and oxygen atoms in total. The molecule has 0 unspecified atom stereocenters. The maximum atomic E-state index is 12.9. The molecule has 0 aliphatic heterocycles. The van der Waals surface area contributed by atoms with Crippen LogP contribution >= 0.6 is 11.8 Å². The number of halogens is 1. The molecule has 0 radical (unpaired) electrons. The van der Waals surface area contributed by atoms with Crippen molar-refractivity contribution in [1.82, 2.24) is 14.8 Å². The van der Waals surface area contributed by atoms with E-state index < -0.39 is 0 Å². The lowest BCUT2D eigenvalue weighted by Crippen LogP contribution is -2.14. The highest BCUT2D eigenvalue weighted by Gasteiger charge is 2.13. The molecule has 8 heteroatoms. The van der Waals surface area contributed by atoms with Crippen molar-refractivity contribution in [3.8, 4) is 5.69 Å². The highest BCUT2D eigenvalue weighted by molar-refractivity contribution is 7.99. The molecule has 0 aliphatic rings. The maximum Gasteiger partial charge on any atom is 0.234 e. The average molecular weight is 343 g/mol. The normalized spacial score (nSPS) is 10.5. The number of nitrogens with zero attached hydrogens (tertiary/aromatic N) is 3. The van der Waals surface area contributed by atoms with Gasteiger partial charge in [0.05, 0.1) is 11.4 Å². The number of hydrogen-bond acceptors (Lipinski definition) is 5. The predicted octanol–water partition coefficient (Wildman–Crippen LogP) is 2.72. The first kappa shape index (κ1) is 16.0. The van der Waals surface area contributed by atoms with E-state index in [0.717, 1.165) is 5.69 Å². The molecule has 0 bridgehead atoms. The Labute approximate surface area is 141 Å². The van der Waals surface area contributed by atoms with Gasteiger partial charge in [0.25, 0.3) is 0 Å². The number of carbonyl (C=O) groups is 1. The van der Waals surface area contributed by atoms with Crippen molar-refractivity contribution >= 4 is 29.3 Å². The van der Waals surface area contributed by atoms with E-state index in [1.165, 1.54) is 36.0 Å². The van der Waals surface area contributed by atoms with Crippen LogP contribution in [0.1, 0.15) is 0 Å². The monoisotopic (exact) mass is 343 g/mol. The second-order valence-corrected chi connectivity index (χ2v) is 5.80. The van der Waals surface area contributed by atoms with E-state index in [1.807, 2.05) is 30.3 Å². The molecular weight excluding hydrogens is 329 g/mol. The van der Waals surface area contributed by atoms with Crippen molar-refractivity contribution in [3.63, 3.8) is 0 Å². The van der Waals surface area contributed by atoms with Gasteiger partial charge in [0.1, 0.15) is 5.82 Å². The summed E-state index contributed by atoms with van der Waals surface area (Å²) in [6, 6.07) is 15.0. The summed E-state index contributed by atoms with van der Waals surface area (Å²) >= 11 is 1.22. The molecule has 3 N–H and O–H groups in total. The van der Waals surface area contributed by atoms with Gasteiger partial charge in [0.15, 0.2) is 5.16 Å². The van der Waals surface area contributed by atoms with Gasteiger partial charge >= 0.3 is 0 Å². The van der Waals surface area contributed by atoms with E-state index in [-0.39, 0.29) is 23.4 Å². The van der Waals surface area contributed by atoms with Crippen molar-refractivity contribution in [2.45, 2.75) is 5.16 Å². The minimum absolute atomic E-state index is 0.127. The van der Waals surface area contributed by atoms with Gasteiger partial charge in [0, 0.05) is 5.69 Å². The fourth-order valence-corrected chi connectivity index (χ4v) is 2.81. The number of hydrogen-bond donors (Lipinski definition) is 2. The number of aromatic nitrogens is 3. The van der Waals surface area contributed by atoms with E-state index in [4.69, 9.17) is 5.73 Å². The van der Waals surface area contributed by atoms with Gasteiger partial charge in [-0.3, -0.25) is 9.36 Å². The molecular formula is C16H14FN5OS. The van der Waals surface area contributed by atoms with E-state index >= 15 is 0 Å². The van der Waals surface area contributed by atoms with Crippen LogP contribution in [0.2, 0.25) is 0 Å². The molecule has 0 saturated carbocycles. The summed E-state index contributed by atoms with van der Waals surface area (Å²) in [5, 5.41) is 11.1. The molecule has 0 saturated heterocycles. The third kappa shape index (κ3) is 3.72. The summed E-state index contributed by atoms with van der Waals surface area (Å²) in [6.45, 7) is 0. The SMILES string of the molecule is Nc1nnc(SCC(=O)Nc2ccc(F)cc2)n1-c1ccccc1. The van der Waals surface area contributed by atoms with Crippen molar-refractivity contribution in [3.05, 3.63) is 60.4 Å². The Morgan fingerprint density at radius 2 is 1.83 bits per heavy atom. The van der Waals surface area contributed by atoms with Crippen LogP contribution in [0.15, 0.2) is 59.8 Å². The second kappa shape index (κ2) is 7.14. The average Bonchev–Trinajstić information content (AvgIpc) is 2.96. The number of amides is 1. The Hall–Kier alpha value is -2.87. The highest BCUT2D eigenvalue weighted by atomic mass is 32.2. The van der Waals surface area contributed by atoms with Crippen LogP contribution in [0.4, 0.5) is 16.0 Å². The maximum absolute atomic E-state index is 12.9. The number of anilines is 2. The Kier molecular flexibility index (Phi) is 4.76. The quantitative estimate of drug-likeness (QED) is 0.696. The number of nitrogens with one attached hydrogen (secondary N) is 1. The number of benzene rings is 2. The molecule has 1 heterocycles. The van der Waals surface area contributed by atoms with Gasteiger partial charge in [-0.2, -0.15) is 0 Å². The third-order valence-electron chi connectivity index (χ3n) is 3.13. The van der Waals surface area contributed by atoms with Gasteiger partial charge in [0.2, 0.25) is 11.9 Å². The fraction of sp³-hybridized carbons (Fsp3) is 0.0625. The molecule has 0 fully saturated rings. The number of para-hydroxylation sites is 1. The Balaban J connectivity index is 1.67. The molecule has 2 aromatic carbocycles. The Morgan fingerprint density at radius 3 is 2.54 bits per heavy atom. The van der Waals surface area contributed by atoms with Gasteiger partial charge in [-0.25, -0.2) is 4.39 Å². The van der Waals surface area contributed by atoms with Crippen molar-refractivity contribution in [2.24, 2.45) is 0 Å². The van der Waals surface area contributed by atoms with Gasteiger partial charge in [-0.1, -0.05) is 30.0 Å². The summed E-state index contributed by atoms with van der Waals surface area (Å²) in [5.74, 6) is -0.202. The number of nitrogen functional groups attached to an aromatic ring is 1. The number of carbonyl (C=O) groups excluding carboxylic acids is 1. The highest BCUT2D eigenvalue weighted by Crippen LogP contribution is 2.23. The molecule has 122 valence electrons. The molecule has 0 spiro atoms. The zero-order valence-corrected chi connectivity index (χ0v) is 13.3. The van der Waals surface area contributed by atoms with Gasteiger partial charge in [-0.15, -0.1) is 10.2 Å². The van der Waals surface area contributed by atoms with Crippen LogP contribution < -0.4 is 11.1 Å². The predicted molar refractivity (Wildman–Crippen MR) is 91.5 cm³/mol. The van der Waals surface area contributed by atoms with E-state index in [2.05, 4.69) is 15.5 Å².